The molecule has 0 saturated carbocycles. The Labute approximate surface area is 101 Å². The molecule has 0 saturated heterocycles. The van der Waals surface area contributed by atoms with Crippen molar-refractivity contribution in [1.29, 1.82) is 5.26 Å². The van der Waals surface area contributed by atoms with Gasteiger partial charge in [-0.2, -0.15) is 5.26 Å². The summed E-state index contributed by atoms with van der Waals surface area (Å²) in [5, 5.41) is 12.4. The first-order chi connectivity index (χ1) is 7.49. The third kappa shape index (κ3) is 5.48. The van der Waals surface area contributed by atoms with Gasteiger partial charge in [0, 0.05) is 12.6 Å². The van der Waals surface area contributed by atoms with Crippen LogP contribution in [0.25, 0.3) is 0 Å². The molecule has 0 aromatic carbocycles. The van der Waals surface area contributed by atoms with Gasteiger partial charge in [-0.3, -0.25) is 5.32 Å². The summed E-state index contributed by atoms with van der Waals surface area (Å²) < 4.78 is 0. The van der Waals surface area contributed by atoms with Crippen LogP contribution in [-0.2, 0) is 0 Å². The third-order valence-electron chi connectivity index (χ3n) is 3.24. The lowest BCUT2D eigenvalue weighted by atomic mass is 9.99. The van der Waals surface area contributed by atoms with Crippen molar-refractivity contribution in [2.24, 2.45) is 0 Å². The minimum Gasteiger partial charge on any atom is -0.304 e. The second-order valence-electron chi connectivity index (χ2n) is 4.84. The van der Waals surface area contributed by atoms with E-state index >= 15 is 0 Å². The van der Waals surface area contributed by atoms with Crippen LogP contribution < -0.4 is 5.32 Å². The lowest BCUT2D eigenvalue weighted by molar-refractivity contribution is 0.223. The molecule has 0 aliphatic rings. The van der Waals surface area contributed by atoms with Crippen LogP contribution >= 0.6 is 0 Å². The molecule has 3 heteroatoms. The predicted octanol–water partition coefficient (Wildman–Crippen LogP) is 2.39. The molecule has 3 nitrogen and oxygen atoms in total. The lowest BCUT2D eigenvalue weighted by Crippen LogP contribution is -2.44. The van der Waals surface area contributed by atoms with Crippen molar-refractivity contribution in [2.75, 3.05) is 20.1 Å². The fraction of sp³-hybridized carbons (Fsp3) is 0.923. The molecule has 16 heavy (non-hydrogen) atoms. The smallest absolute Gasteiger partial charge is 0.105 e. The fourth-order valence-electron chi connectivity index (χ4n) is 1.83. The highest BCUT2D eigenvalue weighted by Crippen LogP contribution is 2.11. The van der Waals surface area contributed by atoms with Crippen LogP contribution in [-0.4, -0.2) is 36.6 Å². The molecular formula is C13H27N3. The zero-order valence-corrected chi connectivity index (χ0v) is 11.5. The molecule has 0 bridgehead atoms. The van der Waals surface area contributed by atoms with Crippen molar-refractivity contribution in [3.05, 3.63) is 0 Å². The first kappa shape index (κ1) is 15.4. The molecular weight excluding hydrogens is 198 g/mol. The Balaban J connectivity index is 4.07. The summed E-state index contributed by atoms with van der Waals surface area (Å²) in [5.41, 5.74) is -0.380. The van der Waals surface area contributed by atoms with Gasteiger partial charge in [0.05, 0.1) is 6.07 Å². The second-order valence-corrected chi connectivity index (χ2v) is 4.84. The average molecular weight is 225 g/mol. The minimum atomic E-state index is -0.380. The summed E-state index contributed by atoms with van der Waals surface area (Å²) in [5.74, 6) is 0. The summed E-state index contributed by atoms with van der Waals surface area (Å²) in [6.45, 7) is 10.3. The molecule has 0 aromatic heterocycles. The van der Waals surface area contributed by atoms with Gasteiger partial charge in [-0.05, 0) is 40.3 Å². The highest BCUT2D eigenvalue weighted by Gasteiger charge is 2.23. The van der Waals surface area contributed by atoms with Gasteiger partial charge in [0.2, 0.25) is 0 Å². The van der Waals surface area contributed by atoms with Crippen molar-refractivity contribution < 1.29 is 0 Å². The molecule has 0 aliphatic carbocycles. The van der Waals surface area contributed by atoms with E-state index in [0.29, 0.717) is 6.04 Å². The molecule has 0 aliphatic heterocycles. The number of nitrogens with zero attached hydrogens (tertiary/aromatic N) is 2. The van der Waals surface area contributed by atoms with Crippen LogP contribution in [0.15, 0.2) is 0 Å². The van der Waals surface area contributed by atoms with Crippen LogP contribution in [0.5, 0.6) is 0 Å². The van der Waals surface area contributed by atoms with Crippen molar-refractivity contribution in [2.45, 2.75) is 58.5 Å². The first-order valence-electron chi connectivity index (χ1n) is 6.35. The Kier molecular flexibility index (Phi) is 7.36. The van der Waals surface area contributed by atoms with Gasteiger partial charge in [0.15, 0.2) is 0 Å². The highest BCUT2D eigenvalue weighted by molar-refractivity contribution is 5.03. The number of nitrogens with one attached hydrogen (secondary N) is 1. The zero-order chi connectivity index (χ0) is 12.6. The van der Waals surface area contributed by atoms with Crippen LogP contribution in [0.4, 0.5) is 0 Å². The van der Waals surface area contributed by atoms with Gasteiger partial charge in [-0.15, -0.1) is 0 Å². The van der Waals surface area contributed by atoms with Crippen LogP contribution in [0.1, 0.15) is 47.0 Å². The maximum Gasteiger partial charge on any atom is 0.105 e. The van der Waals surface area contributed by atoms with Gasteiger partial charge >= 0.3 is 0 Å². The number of nitriles is 1. The molecule has 0 radical (unpaired) electrons. The van der Waals surface area contributed by atoms with Crippen LogP contribution in [0, 0.1) is 11.3 Å². The Morgan fingerprint density at radius 3 is 2.50 bits per heavy atom. The van der Waals surface area contributed by atoms with Crippen molar-refractivity contribution in [3.8, 4) is 6.07 Å². The van der Waals surface area contributed by atoms with Crippen molar-refractivity contribution >= 4 is 0 Å². The Morgan fingerprint density at radius 2 is 2.06 bits per heavy atom. The van der Waals surface area contributed by atoms with E-state index in [0.717, 1.165) is 19.5 Å². The van der Waals surface area contributed by atoms with E-state index in [4.69, 9.17) is 5.26 Å². The molecule has 0 amide bonds. The summed E-state index contributed by atoms with van der Waals surface area (Å²) in [6, 6.07) is 2.97. The molecule has 0 aromatic rings. The molecule has 2 unspecified atom stereocenters. The summed E-state index contributed by atoms with van der Waals surface area (Å²) in [4.78, 5) is 2.34. The van der Waals surface area contributed by atoms with Gasteiger partial charge in [-0.25, -0.2) is 0 Å². The molecule has 0 fully saturated rings. The molecule has 0 rings (SSSR count). The van der Waals surface area contributed by atoms with E-state index in [2.05, 4.69) is 37.2 Å². The van der Waals surface area contributed by atoms with E-state index in [1.54, 1.807) is 0 Å². The van der Waals surface area contributed by atoms with Crippen molar-refractivity contribution in [1.82, 2.24) is 10.2 Å². The SMILES string of the molecule is CCCC(C)N(C)CCC(C)(C#N)NCC. The van der Waals surface area contributed by atoms with E-state index in [-0.39, 0.29) is 5.54 Å². The van der Waals surface area contributed by atoms with Gasteiger partial charge in [0.25, 0.3) is 0 Å². The Hall–Kier alpha value is -0.590. The third-order valence-corrected chi connectivity index (χ3v) is 3.24. The zero-order valence-electron chi connectivity index (χ0n) is 11.5. The van der Waals surface area contributed by atoms with Crippen molar-refractivity contribution in [3.63, 3.8) is 0 Å². The quantitative estimate of drug-likeness (QED) is 0.689. The van der Waals surface area contributed by atoms with Crippen LogP contribution in [0.3, 0.4) is 0 Å². The van der Waals surface area contributed by atoms with Gasteiger partial charge in [0.1, 0.15) is 5.54 Å². The van der Waals surface area contributed by atoms with E-state index in [1.165, 1.54) is 12.8 Å². The lowest BCUT2D eigenvalue weighted by Gasteiger charge is -2.29. The Bertz CT molecular complexity index is 222. The topological polar surface area (TPSA) is 39.1 Å². The van der Waals surface area contributed by atoms with Gasteiger partial charge < -0.3 is 4.90 Å². The second kappa shape index (κ2) is 7.65. The average Bonchev–Trinajstić information content (AvgIpc) is 2.26. The highest BCUT2D eigenvalue weighted by atomic mass is 15.1. The first-order valence-corrected chi connectivity index (χ1v) is 6.35. The summed E-state index contributed by atoms with van der Waals surface area (Å²) in [6.07, 6.45) is 3.32. The van der Waals surface area contributed by atoms with E-state index < -0.39 is 0 Å². The van der Waals surface area contributed by atoms with E-state index in [1.807, 2.05) is 13.8 Å². The monoisotopic (exact) mass is 225 g/mol. The molecule has 0 heterocycles. The number of hydrogen-bond donors (Lipinski definition) is 1. The molecule has 0 spiro atoms. The number of rotatable bonds is 8. The standard InChI is InChI=1S/C13H27N3/c1-6-8-12(3)16(5)10-9-13(4,11-14)15-7-2/h12,15H,6-10H2,1-5H3. The largest absolute Gasteiger partial charge is 0.304 e. The minimum absolute atomic E-state index is 0.380. The molecule has 2 atom stereocenters. The van der Waals surface area contributed by atoms with E-state index in [9.17, 15) is 0 Å². The maximum absolute atomic E-state index is 9.14. The Morgan fingerprint density at radius 1 is 1.44 bits per heavy atom. The fourth-order valence-corrected chi connectivity index (χ4v) is 1.83. The normalized spacial score (nSPS) is 16.8. The maximum atomic E-state index is 9.14. The van der Waals surface area contributed by atoms with Crippen LogP contribution in [0.2, 0.25) is 0 Å². The predicted molar refractivity (Wildman–Crippen MR) is 69.3 cm³/mol. The molecule has 94 valence electrons. The number of hydrogen-bond acceptors (Lipinski definition) is 3. The summed E-state index contributed by atoms with van der Waals surface area (Å²) >= 11 is 0. The summed E-state index contributed by atoms with van der Waals surface area (Å²) in [7, 11) is 2.14. The van der Waals surface area contributed by atoms with Gasteiger partial charge in [-0.1, -0.05) is 20.3 Å². The molecule has 1 N–H and O–H groups in total.